The molecule has 94 valence electrons. The number of carbonyl (C=O) groups excluding carboxylic acids is 1. The van der Waals surface area contributed by atoms with Crippen molar-refractivity contribution >= 4 is 5.78 Å². The van der Waals surface area contributed by atoms with Crippen LogP contribution in [0, 0.1) is 10.1 Å². The Bertz CT molecular complexity index is 223. The van der Waals surface area contributed by atoms with Gasteiger partial charge in [-0.05, 0) is 6.42 Å². The molecule has 0 heterocycles. The van der Waals surface area contributed by atoms with E-state index in [4.69, 9.17) is 15.6 Å². The summed E-state index contributed by atoms with van der Waals surface area (Å²) in [4.78, 5) is 24.8. The van der Waals surface area contributed by atoms with Gasteiger partial charge in [-0.3, -0.25) is 4.79 Å². The number of Topliss-reactive ketones (excluding diaryl/α,β-unsaturated/α-hetero) is 1. The molecule has 1 unspecified atom stereocenters. The number of nitrogens with two attached hydrogens (primary N) is 1. The fourth-order valence-corrected chi connectivity index (χ4v) is 0.908. The summed E-state index contributed by atoms with van der Waals surface area (Å²) >= 11 is 0. The van der Waals surface area contributed by atoms with E-state index in [1.54, 1.807) is 0 Å². The molecular weight excluding hydrogens is 220 g/mol. The zero-order valence-corrected chi connectivity index (χ0v) is 8.83. The predicted octanol–water partition coefficient (Wildman–Crippen LogP) is -1.12. The molecule has 8 heteroatoms. The number of rotatable bonds is 10. The van der Waals surface area contributed by atoms with Crippen molar-refractivity contribution in [2.45, 2.75) is 18.9 Å². The van der Waals surface area contributed by atoms with Crippen LogP contribution in [-0.2, 0) is 14.4 Å². The molecule has 0 aromatic rings. The molecule has 0 spiro atoms. The minimum absolute atomic E-state index is 0.0984. The first-order valence-electron chi connectivity index (χ1n) is 4.82. The van der Waals surface area contributed by atoms with Crippen LogP contribution < -0.4 is 5.73 Å². The van der Waals surface area contributed by atoms with Crippen LogP contribution in [0.2, 0.25) is 0 Å². The van der Waals surface area contributed by atoms with E-state index in [0.717, 1.165) is 0 Å². The standard InChI is InChI=1S/C8H16N2O6/c9-7(6-11)8(12)2-1-3-15-4-5-16-10(13)14/h7,11H,1-6,9H2. The Labute approximate surface area is 92.4 Å². The fraction of sp³-hybridized carbons (Fsp3) is 0.875. The van der Waals surface area contributed by atoms with Crippen molar-refractivity contribution in [3.05, 3.63) is 10.1 Å². The minimum Gasteiger partial charge on any atom is -0.394 e. The summed E-state index contributed by atoms with van der Waals surface area (Å²) in [6, 6.07) is -0.835. The highest BCUT2D eigenvalue weighted by Gasteiger charge is 2.10. The van der Waals surface area contributed by atoms with Gasteiger partial charge in [0.15, 0.2) is 5.78 Å². The van der Waals surface area contributed by atoms with Gasteiger partial charge in [0.05, 0.1) is 19.3 Å². The van der Waals surface area contributed by atoms with Gasteiger partial charge in [0.25, 0.3) is 5.09 Å². The van der Waals surface area contributed by atoms with Crippen LogP contribution in [0.1, 0.15) is 12.8 Å². The number of hydrogen-bond donors (Lipinski definition) is 2. The quantitative estimate of drug-likeness (QED) is 0.279. The number of aliphatic hydroxyl groups is 1. The van der Waals surface area contributed by atoms with Crippen molar-refractivity contribution in [2.24, 2.45) is 5.73 Å². The predicted molar refractivity (Wildman–Crippen MR) is 53.1 cm³/mol. The summed E-state index contributed by atoms with van der Waals surface area (Å²) in [6.07, 6.45) is 0.683. The van der Waals surface area contributed by atoms with Gasteiger partial charge >= 0.3 is 0 Å². The van der Waals surface area contributed by atoms with Gasteiger partial charge in [0.2, 0.25) is 0 Å². The maximum Gasteiger partial charge on any atom is 0.294 e. The molecular formula is C8H16N2O6. The van der Waals surface area contributed by atoms with Gasteiger partial charge in [0, 0.05) is 13.0 Å². The van der Waals surface area contributed by atoms with Gasteiger partial charge in [-0.15, -0.1) is 10.1 Å². The topological polar surface area (TPSA) is 125 Å². The van der Waals surface area contributed by atoms with E-state index >= 15 is 0 Å². The molecule has 0 fully saturated rings. The number of nitrogens with zero attached hydrogens (tertiary/aromatic N) is 1. The first-order valence-corrected chi connectivity index (χ1v) is 4.82. The Morgan fingerprint density at radius 3 is 2.69 bits per heavy atom. The molecule has 0 amide bonds. The normalized spacial score (nSPS) is 12.1. The molecule has 0 aliphatic carbocycles. The maximum atomic E-state index is 11.1. The van der Waals surface area contributed by atoms with Crippen LogP contribution in [-0.4, -0.2) is 48.4 Å². The minimum atomic E-state index is -0.896. The Balaban J connectivity index is 3.27. The molecule has 16 heavy (non-hydrogen) atoms. The molecule has 0 rings (SSSR count). The number of ketones is 1. The number of ether oxygens (including phenoxy) is 1. The third-order valence-electron chi connectivity index (χ3n) is 1.75. The third kappa shape index (κ3) is 8.09. The molecule has 0 bridgehead atoms. The highest BCUT2D eigenvalue weighted by Crippen LogP contribution is 1.95. The molecule has 1 atom stereocenters. The molecule has 0 radical (unpaired) electrons. The number of aliphatic hydroxyl groups excluding tert-OH is 1. The van der Waals surface area contributed by atoms with Crippen molar-refractivity contribution in [2.75, 3.05) is 26.4 Å². The molecule has 0 aromatic carbocycles. The zero-order chi connectivity index (χ0) is 12.4. The van der Waals surface area contributed by atoms with E-state index in [0.29, 0.717) is 13.0 Å². The lowest BCUT2D eigenvalue weighted by atomic mass is 10.1. The number of carbonyl (C=O) groups is 1. The largest absolute Gasteiger partial charge is 0.394 e. The summed E-state index contributed by atoms with van der Waals surface area (Å²) < 4.78 is 4.96. The summed E-state index contributed by atoms with van der Waals surface area (Å²) in [5.41, 5.74) is 5.28. The summed E-state index contributed by atoms with van der Waals surface area (Å²) in [6.45, 7) is -0.0976. The van der Waals surface area contributed by atoms with E-state index in [-0.39, 0.29) is 32.0 Å². The smallest absolute Gasteiger partial charge is 0.294 e. The summed E-state index contributed by atoms with van der Waals surface area (Å²) in [5.74, 6) is -0.229. The average Bonchev–Trinajstić information content (AvgIpc) is 2.25. The second-order valence-electron chi connectivity index (χ2n) is 3.03. The van der Waals surface area contributed by atoms with Crippen molar-refractivity contribution in [1.82, 2.24) is 0 Å². The maximum absolute atomic E-state index is 11.1. The molecule has 0 aliphatic rings. The molecule has 0 aromatic heterocycles. The average molecular weight is 236 g/mol. The highest BCUT2D eigenvalue weighted by molar-refractivity contribution is 5.83. The molecule has 0 saturated heterocycles. The van der Waals surface area contributed by atoms with Crippen molar-refractivity contribution in [1.29, 1.82) is 0 Å². The first kappa shape index (κ1) is 14.8. The van der Waals surface area contributed by atoms with E-state index in [2.05, 4.69) is 4.84 Å². The van der Waals surface area contributed by atoms with Crippen LogP contribution in [0.25, 0.3) is 0 Å². The van der Waals surface area contributed by atoms with Gasteiger partial charge < -0.3 is 20.4 Å². The Morgan fingerprint density at radius 2 is 2.12 bits per heavy atom. The van der Waals surface area contributed by atoms with Gasteiger partial charge in [-0.25, -0.2) is 0 Å². The second-order valence-corrected chi connectivity index (χ2v) is 3.03. The van der Waals surface area contributed by atoms with Gasteiger partial charge in [-0.2, -0.15) is 0 Å². The Morgan fingerprint density at radius 1 is 1.44 bits per heavy atom. The van der Waals surface area contributed by atoms with E-state index in [1.807, 2.05) is 0 Å². The lowest BCUT2D eigenvalue weighted by molar-refractivity contribution is -0.758. The van der Waals surface area contributed by atoms with E-state index in [9.17, 15) is 14.9 Å². The van der Waals surface area contributed by atoms with Crippen LogP contribution in [0.15, 0.2) is 0 Å². The first-order chi connectivity index (χ1) is 7.57. The fourth-order valence-electron chi connectivity index (χ4n) is 0.908. The van der Waals surface area contributed by atoms with Crippen molar-refractivity contribution in [3.63, 3.8) is 0 Å². The third-order valence-corrected chi connectivity index (χ3v) is 1.75. The Kier molecular flexibility index (Phi) is 8.31. The van der Waals surface area contributed by atoms with Crippen LogP contribution in [0.3, 0.4) is 0 Å². The van der Waals surface area contributed by atoms with Crippen molar-refractivity contribution < 1.29 is 24.6 Å². The molecule has 8 nitrogen and oxygen atoms in total. The highest BCUT2D eigenvalue weighted by atomic mass is 17.0. The number of hydrogen-bond acceptors (Lipinski definition) is 7. The summed E-state index contributed by atoms with van der Waals surface area (Å²) in [7, 11) is 0. The monoisotopic (exact) mass is 236 g/mol. The van der Waals surface area contributed by atoms with Gasteiger partial charge in [0.1, 0.15) is 6.61 Å². The van der Waals surface area contributed by atoms with Gasteiger partial charge in [-0.1, -0.05) is 0 Å². The molecule has 3 N–H and O–H groups in total. The zero-order valence-electron chi connectivity index (χ0n) is 8.83. The lowest BCUT2D eigenvalue weighted by Crippen LogP contribution is -2.33. The van der Waals surface area contributed by atoms with Crippen molar-refractivity contribution in [3.8, 4) is 0 Å². The van der Waals surface area contributed by atoms with E-state index < -0.39 is 11.1 Å². The lowest BCUT2D eigenvalue weighted by Gasteiger charge is -2.06. The molecule has 0 saturated carbocycles. The van der Waals surface area contributed by atoms with E-state index in [1.165, 1.54) is 0 Å². The van der Waals surface area contributed by atoms with Crippen LogP contribution >= 0.6 is 0 Å². The SMILES string of the molecule is NC(CO)C(=O)CCCOCCO[N+](=O)[O-]. The molecule has 0 aliphatic heterocycles. The Hall–Kier alpha value is -1.25. The van der Waals surface area contributed by atoms with Crippen LogP contribution in [0.4, 0.5) is 0 Å². The van der Waals surface area contributed by atoms with Crippen LogP contribution in [0.5, 0.6) is 0 Å². The summed E-state index contributed by atoms with van der Waals surface area (Å²) in [5, 5.41) is 17.4. The second kappa shape index (κ2) is 9.01.